The van der Waals surface area contributed by atoms with Crippen LogP contribution in [0.25, 0.3) is 0 Å². The highest BCUT2D eigenvalue weighted by molar-refractivity contribution is 6.01. The molecule has 1 aliphatic rings. The minimum atomic E-state index is -1.62. The number of carbonyl (C=O) groups excluding carboxylic acids is 4. The smallest absolute Gasteiger partial charge is 0.324 e. The molecule has 0 saturated carbocycles. The maximum absolute atomic E-state index is 12.1. The van der Waals surface area contributed by atoms with Gasteiger partial charge >= 0.3 is 17.9 Å². The normalized spacial score (nSPS) is 20.5. The van der Waals surface area contributed by atoms with Crippen molar-refractivity contribution in [2.75, 3.05) is 21.3 Å². The number of carbonyl (C=O) groups is 4. The maximum Gasteiger partial charge on any atom is 0.324 e. The monoisotopic (exact) mass is 324 g/mol. The summed E-state index contributed by atoms with van der Waals surface area (Å²) in [5, 5.41) is 0. The number of methoxy groups -OCH3 is 3. The molecule has 0 aromatic heterocycles. The summed E-state index contributed by atoms with van der Waals surface area (Å²) < 4.78 is 14.1. The van der Waals surface area contributed by atoms with Gasteiger partial charge in [-0.2, -0.15) is 0 Å². The van der Waals surface area contributed by atoms with Gasteiger partial charge in [0.25, 0.3) is 0 Å². The molecule has 23 heavy (non-hydrogen) atoms. The quantitative estimate of drug-likeness (QED) is 0.325. The molecule has 0 amide bonds. The molecule has 0 saturated heterocycles. The Morgan fingerprint density at radius 3 is 2.17 bits per heavy atom. The molecule has 0 aromatic rings. The molecule has 7 heteroatoms. The van der Waals surface area contributed by atoms with E-state index in [1.165, 1.54) is 7.11 Å². The SMILES string of the molecule is COC(=O)C1CC#CCC(C(=O)OC)(C(=O)OC)CCC(=O)C1. The van der Waals surface area contributed by atoms with Crippen LogP contribution in [0.5, 0.6) is 0 Å². The van der Waals surface area contributed by atoms with E-state index >= 15 is 0 Å². The van der Waals surface area contributed by atoms with E-state index in [4.69, 9.17) is 9.47 Å². The Morgan fingerprint density at radius 2 is 1.65 bits per heavy atom. The maximum atomic E-state index is 12.1. The average molecular weight is 324 g/mol. The number of ether oxygens (including phenoxy) is 3. The third-order valence-electron chi connectivity index (χ3n) is 3.86. The fourth-order valence-corrected chi connectivity index (χ4v) is 2.45. The summed E-state index contributed by atoms with van der Waals surface area (Å²) in [7, 11) is 3.57. The molecule has 0 heterocycles. The van der Waals surface area contributed by atoms with Crippen molar-refractivity contribution in [3.05, 3.63) is 0 Å². The van der Waals surface area contributed by atoms with E-state index in [1.54, 1.807) is 0 Å². The summed E-state index contributed by atoms with van der Waals surface area (Å²) in [4.78, 5) is 47.9. The summed E-state index contributed by atoms with van der Waals surface area (Å²) in [6, 6.07) is 0. The molecule has 1 aliphatic carbocycles. The van der Waals surface area contributed by atoms with Crippen molar-refractivity contribution in [2.45, 2.75) is 32.1 Å². The first-order chi connectivity index (χ1) is 10.9. The molecule has 1 rings (SSSR count). The lowest BCUT2D eigenvalue weighted by atomic mass is 9.78. The first-order valence-electron chi connectivity index (χ1n) is 7.13. The van der Waals surface area contributed by atoms with Crippen LogP contribution in [0.1, 0.15) is 32.1 Å². The molecule has 1 unspecified atom stereocenters. The van der Waals surface area contributed by atoms with E-state index in [1.807, 2.05) is 0 Å². The van der Waals surface area contributed by atoms with E-state index in [0.717, 1.165) is 14.2 Å². The zero-order chi connectivity index (χ0) is 17.5. The minimum Gasteiger partial charge on any atom is -0.469 e. The van der Waals surface area contributed by atoms with Crippen LogP contribution in [0, 0.1) is 23.2 Å². The Balaban J connectivity index is 3.14. The Kier molecular flexibility index (Phi) is 6.76. The van der Waals surface area contributed by atoms with Crippen molar-refractivity contribution in [1.29, 1.82) is 0 Å². The predicted molar refractivity (Wildman–Crippen MR) is 77.8 cm³/mol. The lowest BCUT2D eigenvalue weighted by Crippen LogP contribution is -2.41. The molecule has 0 bridgehead atoms. The summed E-state index contributed by atoms with van der Waals surface area (Å²) in [6.45, 7) is 0. The van der Waals surface area contributed by atoms with Gasteiger partial charge in [-0.25, -0.2) is 0 Å². The van der Waals surface area contributed by atoms with Crippen LogP contribution >= 0.6 is 0 Å². The highest BCUT2D eigenvalue weighted by Crippen LogP contribution is 2.33. The summed E-state index contributed by atoms with van der Waals surface area (Å²) in [5.74, 6) is 2.52. The Labute approximate surface area is 134 Å². The zero-order valence-corrected chi connectivity index (χ0v) is 13.5. The van der Waals surface area contributed by atoms with Gasteiger partial charge in [-0.1, -0.05) is 0 Å². The third-order valence-corrected chi connectivity index (χ3v) is 3.86. The topological polar surface area (TPSA) is 96.0 Å². The van der Waals surface area contributed by atoms with E-state index in [2.05, 4.69) is 16.6 Å². The Hall–Kier alpha value is -2.36. The minimum absolute atomic E-state index is 0.0419. The van der Waals surface area contributed by atoms with E-state index in [-0.39, 0.29) is 37.9 Å². The summed E-state index contributed by atoms with van der Waals surface area (Å²) in [6.07, 6.45) is -0.183. The molecule has 1 atom stereocenters. The molecule has 7 nitrogen and oxygen atoms in total. The Morgan fingerprint density at radius 1 is 1.04 bits per heavy atom. The van der Waals surface area contributed by atoms with Crippen LogP contribution in [0.3, 0.4) is 0 Å². The van der Waals surface area contributed by atoms with Crippen LogP contribution in [0.15, 0.2) is 0 Å². The second-order valence-corrected chi connectivity index (χ2v) is 5.26. The molecular formula is C16H20O7. The van der Waals surface area contributed by atoms with Gasteiger partial charge in [0.2, 0.25) is 0 Å². The first-order valence-corrected chi connectivity index (χ1v) is 7.13. The standard InChI is InChI=1S/C16H20O7/c1-21-13(18)11-6-4-5-8-16(14(19)22-2,15(20)23-3)9-7-12(17)10-11/h11H,6-10H2,1-3H3. The number of rotatable bonds is 3. The van der Waals surface area contributed by atoms with Gasteiger partial charge in [0.05, 0.1) is 27.2 Å². The fraction of sp³-hybridized carbons (Fsp3) is 0.625. The molecule has 0 radical (unpaired) electrons. The number of ketones is 1. The van der Waals surface area contributed by atoms with Gasteiger partial charge in [-0.3, -0.25) is 19.2 Å². The van der Waals surface area contributed by atoms with Gasteiger partial charge in [0, 0.05) is 25.7 Å². The van der Waals surface area contributed by atoms with E-state index in [0.29, 0.717) is 0 Å². The van der Waals surface area contributed by atoms with E-state index < -0.39 is 29.2 Å². The van der Waals surface area contributed by atoms with Crippen molar-refractivity contribution in [3.8, 4) is 11.8 Å². The molecule has 0 aliphatic heterocycles. The summed E-state index contributed by atoms with van der Waals surface area (Å²) >= 11 is 0. The lowest BCUT2D eigenvalue weighted by Gasteiger charge is -2.26. The highest BCUT2D eigenvalue weighted by atomic mass is 16.5. The number of esters is 3. The van der Waals surface area contributed by atoms with Crippen LogP contribution in [-0.4, -0.2) is 45.0 Å². The Bertz CT molecular complexity index is 537. The van der Waals surface area contributed by atoms with Crippen LogP contribution in [0.4, 0.5) is 0 Å². The van der Waals surface area contributed by atoms with Gasteiger partial charge in [-0.05, 0) is 6.42 Å². The van der Waals surface area contributed by atoms with Gasteiger partial charge in [0.1, 0.15) is 5.78 Å². The van der Waals surface area contributed by atoms with Crippen LogP contribution in [0.2, 0.25) is 0 Å². The number of hydrogen-bond donors (Lipinski definition) is 0. The van der Waals surface area contributed by atoms with Crippen molar-refractivity contribution >= 4 is 23.7 Å². The van der Waals surface area contributed by atoms with Gasteiger partial charge in [-0.15, -0.1) is 11.8 Å². The highest BCUT2D eigenvalue weighted by Gasteiger charge is 2.48. The average Bonchev–Trinajstić information content (AvgIpc) is 2.58. The number of hydrogen-bond acceptors (Lipinski definition) is 7. The van der Waals surface area contributed by atoms with E-state index in [9.17, 15) is 19.2 Å². The van der Waals surface area contributed by atoms with Gasteiger partial charge in [0.15, 0.2) is 5.41 Å². The molecule has 0 fully saturated rings. The fourth-order valence-electron chi connectivity index (χ4n) is 2.45. The van der Waals surface area contributed by atoms with Crippen molar-refractivity contribution in [1.82, 2.24) is 0 Å². The first kappa shape index (κ1) is 18.7. The zero-order valence-electron chi connectivity index (χ0n) is 13.5. The predicted octanol–water partition coefficient (Wildman–Crippen LogP) is 0.645. The second-order valence-electron chi connectivity index (χ2n) is 5.26. The molecule has 0 spiro atoms. The molecule has 126 valence electrons. The van der Waals surface area contributed by atoms with Crippen LogP contribution < -0.4 is 0 Å². The van der Waals surface area contributed by atoms with Gasteiger partial charge < -0.3 is 14.2 Å². The lowest BCUT2D eigenvalue weighted by molar-refractivity contribution is -0.169. The molecule has 0 N–H and O–H groups in total. The summed E-state index contributed by atoms with van der Waals surface area (Å²) in [5.41, 5.74) is -1.62. The number of Topliss-reactive ketones (excluding diaryl/α,β-unsaturated/α-hetero) is 1. The largest absolute Gasteiger partial charge is 0.469 e. The third kappa shape index (κ3) is 4.31. The molecular weight excluding hydrogens is 304 g/mol. The molecule has 0 aromatic carbocycles. The van der Waals surface area contributed by atoms with Crippen molar-refractivity contribution < 1.29 is 33.4 Å². The van der Waals surface area contributed by atoms with Crippen molar-refractivity contribution in [2.24, 2.45) is 11.3 Å². The van der Waals surface area contributed by atoms with Crippen LogP contribution in [-0.2, 0) is 33.4 Å². The second kappa shape index (κ2) is 8.32. The van der Waals surface area contributed by atoms with Crippen molar-refractivity contribution in [3.63, 3.8) is 0 Å².